The predicted molar refractivity (Wildman–Crippen MR) is 166 cm³/mol. The van der Waals surface area contributed by atoms with Crippen LogP contribution in [0.2, 0.25) is 5.02 Å². The molecule has 4 rings (SSSR count). The van der Waals surface area contributed by atoms with Gasteiger partial charge in [-0.3, -0.25) is 4.79 Å². The molecule has 1 aromatic heterocycles. The Hall–Kier alpha value is -3.36. The van der Waals surface area contributed by atoms with Crippen molar-refractivity contribution in [2.75, 3.05) is 19.8 Å². The van der Waals surface area contributed by atoms with Crippen molar-refractivity contribution in [1.29, 1.82) is 0 Å². The number of fused-ring (bicyclic) bond motifs is 1. The molecule has 3 aromatic carbocycles. The third kappa shape index (κ3) is 5.88. The zero-order chi connectivity index (χ0) is 29.0. The predicted octanol–water partition coefficient (Wildman–Crippen LogP) is 7.99. The second kappa shape index (κ2) is 12.9. The van der Waals surface area contributed by atoms with E-state index in [2.05, 4.69) is 34.9 Å². The van der Waals surface area contributed by atoms with Gasteiger partial charge in [-0.15, -0.1) is 0 Å². The summed E-state index contributed by atoms with van der Waals surface area (Å²) in [6, 6.07) is 13.1. The maximum absolute atomic E-state index is 13.8. The molecule has 0 unspecified atom stereocenters. The average molecular weight is 627 g/mol. The van der Waals surface area contributed by atoms with Crippen LogP contribution in [0.25, 0.3) is 22.3 Å². The number of ether oxygens (including phenoxy) is 3. The van der Waals surface area contributed by atoms with Crippen LogP contribution in [-0.2, 0) is 0 Å². The summed E-state index contributed by atoms with van der Waals surface area (Å²) in [5, 5.41) is 5.49. The topological polar surface area (TPSA) is 74.9 Å². The molecule has 40 heavy (non-hydrogen) atoms. The van der Waals surface area contributed by atoms with E-state index in [1.165, 1.54) is 4.68 Å². The van der Waals surface area contributed by atoms with Gasteiger partial charge in [-0.2, -0.15) is 9.78 Å². The Morgan fingerprint density at radius 3 is 2.38 bits per heavy atom. The van der Waals surface area contributed by atoms with E-state index in [1.54, 1.807) is 18.3 Å². The van der Waals surface area contributed by atoms with Crippen molar-refractivity contribution in [1.82, 2.24) is 9.66 Å². The largest absolute Gasteiger partial charge is 0.494 e. The fourth-order valence-electron chi connectivity index (χ4n) is 4.44. The van der Waals surface area contributed by atoms with E-state index in [0.29, 0.717) is 63.1 Å². The number of nitrogens with zero attached hydrogens (tertiary/aromatic N) is 3. The van der Waals surface area contributed by atoms with Crippen molar-refractivity contribution in [2.45, 2.75) is 47.5 Å². The summed E-state index contributed by atoms with van der Waals surface area (Å²) >= 11 is 10.2. The average Bonchev–Trinajstić information content (AvgIpc) is 2.93. The number of aromatic nitrogens is 2. The molecular weight excluding hydrogens is 594 g/mol. The highest BCUT2D eigenvalue weighted by Gasteiger charge is 2.20. The van der Waals surface area contributed by atoms with E-state index in [0.717, 1.165) is 22.4 Å². The van der Waals surface area contributed by atoms with Gasteiger partial charge in [-0.25, -0.2) is 4.98 Å². The fourth-order valence-corrected chi connectivity index (χ4v) is 5.09. The normalized spacial score (nSPS) is 11.5. The number of aryl methyl sites for hydroxylation is 1. The Kier molecular flexibility index (Phi) is 9.53. The number of hydrogen-bond donors (Lipinski definition) is 0. The van der Waals surface area contributed by atoms with Crippen LogP contribution in [0, 0.1) is 6.92 Å². The van der Waals surface area contributed by atoms with E-state index in [9.17, 15) is 4.79 Å². The second-order valence-electron chi connectivity index (χ2n) is 9.39. The van der Waals surface area contributed by atoms with Crippen LogP contribution in [0.1, 0.15) is 57.2 Å². The first-order chi connectivity index (χ1) is 19.2. The van der Waals surface area contributed by atoms with E-state index < -0.39 is 0 Å². The van der Waals surface area contributed by atoms with Crippen molar-refractivity contribution in [2.24, 2.45) is 5.10 Å². The minimum Gasteiger partial charge on any atom is -0.494 e. The highest BCUT2D eigenvalue weighted by atomic mass is 79.9. The van der Waals surface area contributed by atoms with Gasteiger partial charge in [0.1, 0.15) is 10.8 Å². The molecule has 0 radical (unpaired) electrons. The van der Waals surface area contributed by atoms with Gasteiger partial charge in [0.05, 0.1) is 36.9 Å². The molecule has 0 amide bonds. The van der Waals surface area contributed by atoms with Crippen LogP contribution < -0.4 is 19.8 Å². The monoisotopic (exact) mass is 625 g/mol. The number of para-hydroxylation sites is 1. The third-order valence-electron chi connectivity index (χ3n) is 6.33. The molecule has 1 heterocycles. The van der Waals surface area contributed by atoms with Gasteiger partial charge >= 0.3 is 0 Å². The molecule has 0 fully saturated rings. The maximum atomic E-state index is 13.8. The molecular formula is C31H33BrClN3O4. The van der Waals surface area contributed by atoms with Crippen LogP contribution >= 0.6 is 27.5 Å². The van der Waals surface area contributed by atoms with Crippen LogP contribution in [0.4, 0.5) is 0 Å². The van der Waals surface area contributed by atoms with E-state index >= 15 is 0 Å². The first-order valence-electron chi connectivity index (χ1n) is 13.3. The van der Waals surface area contributed by atoms with Crippen molar-refractivity contribution in [3.05, 3.63) is 79.0 Å². The molecule has 0 aliphatic heterocycles. The zero-order valence-corrected chi connectivity index (χ0v) is 25.9. The molecule has 0 spiro atoms. The van der Waals surface area contributed by atoms with Gasteiger partial charge in [0, 0.05) is 15.6 Å². The van der Waals surface area contributed by atoms with Gasteiger partial charge in [0.15, 0.2) is 17.3 Å². The first-order valence-corrected chi connectivity index (χ1v) is 14.5. The van der Waals surface area contributed by atoms with Crippen LogP contribution in [0.3, 0.4) is 0 Å². The summed E-state index contributed by atoms with van der Waals surface area (Å²) in [7, 11) is 0. The van der Waals surface area contributed by atoms with Gasteiger partial charge in [-0.05, 0) is 91.0 Å². The molecule has 7 nitrogen and oxygen atoms in total. The van der Waals surface area contributed by atoms with Crippen LogP contribution in [-0.4, -0.2) is 35.7 Å². The summed E-state index contributed by atoms with van der Waals surface area (Å²) in [6.07, 6.45) is 1.57. The summed E-state index contributed by atoms with van der Waals surface area (Å²) in [4.78, 5) is 18.7. The lowest BCUT2D eigenvalue weighted by Gasteiger charge is -2.18. The van der Waals surface area contributed by atoms with Crippen molar-refractivity contribution in [3.8, 4) is 28.6 Å². The highest BCUT2D eigenvalue weighted by Crippen LogP contribution is 2.42. The Labute approximate surface area is 247 Å². The molecule has 210 valence electrons. The lowest BCUT2D eigenvalue weighted by molar-refractivity contribution is 0.287. The minimum absolute atomic E-state index is 0.198. The van der Waals surface area contributed by atoms with Crippen molar-refractivity contribution < 1.29 is 14.2 Å². The minimum atomic E-state index is -0.283. The van der Waals surface area contributed by atoms with Gasteiger partial charge in [-0.1, -0.05) is 37.6 Å². The van der Waals surface area contributed by atoms with E-state index in [-0.39, 0.29) is 11.5 Å². The Morgan fingerprint density at radius 2 is 1.70 bits per heavy atom. The summed E-state index contributed by atoms with van der Waals surface area (Å²) < 4.78 is 19.4. The molecule has 0 saturated carbocycles. The number of halogens is 2. The van der Waals surface area contributed by atoms with Crippen LogP contribution in [0.5, 0.6) is 17.2 Å². The Bertz CT molecular complexity index is 1630. The summed E-state index contributed by atoms with van der Waals surface area (Å²) in [5.74, 6) is 2.40. The zero-order valence-electron chi connectivity index (χ0n) is 23.5. The smallest absolute Gasteiger partial charge is 0.282 e. The van der Waals surface area contributed by atoms with Gasteiger partial charge in [0.25, 0.3) is 5.56 Å². The van der Waals surface area contributed by atoms with Crippen molar-refractivity contribution >= 4 is 44.6 Å². The van der Waals surface area contributed by atoms with Crippen LogP contribution in [0.15, 0.2) is 56.8 Å². The molecule has 4 aromatic rings. The standard InChI is InChI=1S/C31H33BrClN3O4/c1-7-38-25-14-19(6)23(16-22(25)18(4)5)30-35-24-13-11-10-12-21(24)31(37)36(30)34-17-20-15-26(39-8-2)29(40-9-3)28(33)27(20)32/h10-18H,7-9H2,1-6H3. The fraction of sp³-hybridized carbons (Fsp3) is 0.323. The van der Waals surface area contributed by atoms with Gasteiger partial charge in [0.2, 0.25) is 0 Å². The maximum Gasteiger partial charge on any atom is 0.282 e. The first kappa shape index (κ1) is 29.6. The highest BCUT2D eigenvalue weighted by molar-refractivity contribution is 9.10. The quantitative estimate of drug-likeness (QED) is 0.167. The molecule has 0 aliphatic rings. The SMILES string of the molecule is CCOc1cc(C)c(-c2nc3ccccc3c(=O)n2N=Cc2cc(OCC)c(OCC)c(Cl)c2Br)cc1C(C)C. The van der Waals surface area contributed by atoms with Gasteiger partial charge < -0.3 is 14.2 Å². The number of rotatable bonds is 10. The molecule has 0 aliphatic carbocycles. The third-order valence-corrected chi connectivity index (χ3v) is 7.77. The number of hydrogen-bond acceptors (Lipinski definition) is 6. The Balaban J connectivity index is 1.97. The van der Waals surface area contributed by atoms with Crippen molar-refractivity contribution in [3.63, 3.8) is 0 Å². The summed E-state index contributed by atoms with van der Waals surface area (Å²) in [5.41, 5.74) is 3.68. The van der Waals surface area contributed by atoms with E-state index in [4.69, 9.17) is 30.8 Å². The second-order valence-corrected chi connectivity index (χ2v) is 10.6. The molecule has 0 N–H and O–H groups in total. The molecule has 0 atom stereocenters. The summed E-state index contributed by atoms with van der Waals surface area (Å²) in [6.45, 7) is 13.4. The molecule has 0 bridgehead atoms. The van der Waals surface area contributed by atoms with E-state index in [1.807, 2.05) is 58.0 Å². The lowest BCUT2D eigenvalue weighted by atomic mass is 9.96. The lowest BCUT2D eigenvalue weighted by Crippen LogP contribution is -2.21. The Morgan fingerprint density at radius 1 is 1.02 bits per heavy atom. The number of benzene rings is 3. The molecule has 9 heteroatoms. The molecule has 0 saturated heterocycles.